The molecule has 0 atom stereocenters. The van der Waals surface area contributed by atoms with Crippen LogP contribution in [0.15, 0.2) is 56.5 Å². The number of aromatic nitrogens is 1. The second-order valence-corrected chi connectivity index (χ2v) is 5.58. The van der Waals surface area contributed by atoms with Crippen molar-refractivity contribution in [3.05, 3.63) is 69.0 Å². The number of nitrogens with zero attached hydrogens (tertiary/aromatic N) is 1. The van der Waals surface area contributed by atoms with Gasteiger partial charge in [0, 0.05) is 24.2 Å². The largest absolute Gasteiger partial charge is 0.459 e. The molecule has 1 amide bonds. The third-order valence-electron chi connectivity index (χ3n) is 3.26. The fourth-order valence-corrected chi connectivity index (χ4v) is 2.71. The lowest BCUT2D eigenvalue weighted by atomic mass is 10.2. The molecule has 5 nitrogen and oxygen atoms in total. The van der Waals surface area contributed by atoms with Crippen LogP contribution >= 0.6 is 11.3 Å². The second kappa shape index (κ2) is 6.03. The Kier molecular flexibility index (Phi) is 3.93. The Morgan fingerprint density at radius 3 is 2.95 bits per heavy atom. The van der Waals surface area contributed by atoms with Gasteiger partial charge in [0.15, 0.2) is 0 Å². The highest BCUT2D eigenvalue weighted by molar-refractivity contribution is 7.08. The number of nitrogens with one attached hydrogen (secondary N) is 1. The molecule has 3 aromatic heterocycles. The molecule has 22 heavy (non-hydrogen) atoms. The molecule has 1 N–H and O–H groups in total. The van der Waals surface area contributed by atoms with Gasteiger partial charge in [-0.25, -0.2) is 0 Å². The Bertz CT molecular complexity index is 846. The van der Waals surface area contributed by atoms with Crippen LogP contribution in [0.3, 0.4) is 0 Å². The van der Waals surface area contributed by atoms with Crippen molar-refractivity contribution in [1.29, 1.82) is 0 Å². The van der Waals surface area contributed by atoms with Gasteiger partial charge in [0.2, 0.25) is 0 Å². The topological polar surface area (TPSA) is 64.2 Å². The maximum absolute atomic E-state index is 12.1. The number of thiophene rings is 1. The average Bonchev–Trinajstić information content (AvgIpc) is 3.18. The van der Waals surface area contributed by atoms with Crippen LogP contribution in [0.5, 0.6) is 0 Å². The fourth-order valence-electron chi connectivity index (χ4n) is 2.07. The van der Waals surface area contributed by atoms with E-state index in [1.165, 1.54) is 10.6 Å². The summed E-state index contributed by atoms with van der Waals surface area (Å²) in [5.41, 5.74) is 0.813. The lowest BCUT2D eigenvalue weighted by molar-refractivity contribution is 0.0946. The van der Waals surface area contributed by atoms with Gasteiger partial charge < -0.3 is 14.3 Å². The molecule has 0 saturated carbocycles. The van der Waals surface area contributed by atoms with Crippen LogP contribution in [0, 0.1) is 0 Å². The number of furan rings is 1. The predicted molar refractivity (Wildman–Crippen MR) is 84.9 cm³/mol. The number of rotatable bonds is 4. The van der Waals surface area contributed by atoms with E-state index in [1.807, 2.05) is 29.0 Å². The maximum Gasteiger partial charge on any atom is 0.263 e. The van der Waals surface area contributed by atoms with Crippen LogP contribution in [0.4, 0.5) is 0 Å². The maximum atomic E-state index is 12.1. The van der Waals surface area contributed by atoms with Crippen molar-refractivity contribution in [2.24, 2.45) is 7.05 Å². The molecule has 0 aliphatic rings. The van der Waals surface area contributed by atoms with E-state index in [4.69, 9.17) is 4.42 Å². The van der Waals surface area contributed by atoms with Crippen LogP contribution in [-0.2, 0) is 13.6 Å². The van der Waals surface area contributed by atoms with Gasteiger partial charge in [-0.3, -0.25) is 9.59 Å². The minimum Gasteiger partial charge on any atom is -0.459 e. The van der Waals surface area contributed by atoms with Crippen molar-refractivity contribution in [3.63, 3.8) is 0 Å². The summed E-state index contributed by atoms with van der Waals surface area (Å²) in [4.78, 5) is 23.9. The molecule has 0 saturated heterocycles. The van der Waals surface area contributed by atoms with Crippen LogP contribution < -0.4 is 10.9 Å². The molecule has 0 aliphatic heterocycles. The van der Waals surface area contributed by atoms with Gasteiger partial charge in [-0.1, -0.05) is 0 Å². The van der Waals surface area contributed by atoms with Crippen molar-refractivity contribution in [3.8, 4) is 11.3 Å². The Labute approximate surface area is 130 Å². The van der Waals surface area contributed by atoms with Crippen molar-refractivity contribution in [2.75, 3.05) is 0 Å². The van der Waals surface area contributed by atoms with Gasteiger partial charge in [0.25, 0.3) is 11.5 Å². The Morgan fingerprint density at radius 2 is 2.18 bits per heavy atom. The third-order valence-corrected chi connectivity index (χ3v) is 3.94. The van der Waals surface area contributed by atoms with Crippen molar-refractivity contribution >= 4 is 17.2 Å². The highest BCUT2D eigenvalue weighted by Gasteiger charge is 2.12. The van der Waals surface area contributed by atoms with E-state index >= 15 is 0 Å². The molecule has 3 heterocycles. The highest BCUT2D eigenvalue weighted by Crippen LogP contribution is 2.24. The lowest BCUT2D eigenvalue weighted by Crippen LogP contribution is -2.31. The number of aryl methyl sites for hydroxylation is 1. The van der Waals surface area contributed by atoms with Gasteiger partial charge in [-0.2, -0.15) is 11.3 Å². The van der Waals surface area contributed by atoms with E-state index < -0.39 is 5.91 Å². The van der Waals surface area contributed by atoms with Gasteiger partial charge >= 0.3 is 0 Å². The standard InChI is InChI=1S/C16H14N2O3S/c1-18-7-2-3-13(16(18)20)15(19)17-9-12-4-5-14(21-12)11-6-8-22-10-11/h2-8,10H,9H2,1H3,(H,17,19). The van der Waals surface area contributed by atoms with Crippen molar-refractivity contribution in [1.82, 2.24) is 9.88 Å². The molecule has 0 spiro atoms. The molecular formula is C16H14N2O3S. The summed E-state index contributed by atoms with van der Waals surface area (Å²) in [5, 5.41) is 6.67. The molecule has 0 fully saturated rings. The third kappa shape index (κ3) is 2.87. The minimum absolute atomic E-state index is 0.120. The summed E-state index contributed by atoms with van der Waals surface area (Å²) in [5.74, 6) is 0.998. The molecule has 3 rings (SSSR count). The number of carbonyl (C=O) groups excluding carboxylic acids is 1. The average molecular weight is 314 g/mol. The summed E-state index contributed by atoms with van der Waals surface area (Å²) in [6.07, 6.45) is 1.61. The van der Waals surface area contributed by atoms with Crippen LogP contribution in [-0.4, -0.2) is 10.5 Å². The number of amides is 1. The van der Waals surface area contributed by atoms with Gasteiger partial charge in [0.1, 0.15) is 17.1 Å². The highest BCUT2D eigenvalue weighted by atomic mass is 32.1. The fraction of sp³-hybridized carbons (Fsp3) is 0.125. The number of carbonyl (C=O) groups is 1. The molecule has 0 unspecified atom stereocenters. The van der Waals surface area contributed by atoms with E-state index in [0.717, 1.165) is 11.3 Å². The van der Waals surface area contributed by atoms with Crippen LogP contribution in [0.1, 0.15) is 16.1 Å². The molecule has 0 aliphatic carbocycles. The molecule has 0 bridgehead atoms. The summed E-state index contributed by atoms with van der Waals surface area (Å²) < 4.78 is 7.05. The Hall–Kier alpha value is -2.60. The zero-order valence-electron chi connectivity index (χ0n) is 11.9. The smallest absolute Gasteiger partial charge is 0.263 e. The molecule has 6 heteroatoms. The first-order valence-corrected chi connectivity index (χ1v) is 7.64. The second-order valence-electron chi connectivity index (χ2n) is 4.80. The monoisotopic (exact) mass is 314 g/mol. The Morgan fingerprint density at radius 1 is 1.32 bits per heavy atom. The van der Waals surface area contributed by atoms with E-state index in [2.05, 4.69) is 5.32 Å². The zero-order chi connectivity index (χ0) is 15.5. The van der Waals surface area contributed by atoms with Crippen LogP contribution in [0.25, 0.3) is 11.3 Å². The van der Waals surface area contributed by atoms with E-state index in [1.54, 1.807) is 30.6 Å². The van der Waals surface area contributed by atoms with E-state index in [-0.39, 0.29) is 17.7 Å². The molecule has 112 valence electrons. The first-order valence-electron chi connectivity index (χ1n) is 6.70. The van der Waals surface area contributed by atoms with E-state index in [0.29, 0.717) is 5.76 Å². The Balaban J connectivity index is 1.69. The molecule has 0 aromatic carbocycles. The van der Waals surface area contributed by atoms with Crippen LogP contribution in [0.2, 0.25) is 0 Å². The predicted octanol–water partition coefficient (Wildman–Crippen LogP) is 2.64. The van der Waals surface area contributed by atoms with Gasteiger partial charge in [-0.15, -0.1) is 0 Å². The molecular weight excluding hydrogens is 300 g/mol. The van der Waals surface area contributed by atoms with Crippen molar-refractivity contribution < 1.29 is 9.21 Å². The van der Waals surface area contributed by atoms with Gasteiger partial charge in [-0.05, 0) is 35.7 Å². The summed E-state index contributed by atoms with van der Waals surface area (Å²) >= 11 is 1.60. The molecule has 0 radical (unpaired) electrons. The lowest BCUT2D eigenvalue weighted by Gasteiger charge is -2.04. The van der Waals surface area contributed by atoms with Gasteiger partial charge in [0.05, 0.1) is 6.54 Å². The number of pyridine rings is 1. The quantitative estimate of drug-likeness (QED) is 0.805. The van der Waals surface area contributed by atoms with E-state index in [9.17, 15) is 9.59 Å². The number of hydrogen-bond donors (Lipinski definition) is 1. The zero-order valence-corrected chi connectivity index (χ0v) is 12.7. The first kappa shape index (κ1) is 14.3. The normalized spacial score (nSPS) is 10.6. The summed E-state index contributed by atoms with van der Waals surface area (Å²) in [7, 11) is 1.61. The SMILES string of the molecule is Cn1cccc(C(=O)NCc2ccc(-c3ccsc3)o2)c1=O. The summed E-state index contributed by atoms with van der Waals surface area (Å²) in [6.45, 7) is 0.237. The van der Waals surface area contributed by atoms with Crippen molar-refractivity contribution in [2.45, 2.75) is 6.54 Å². The number of hydrogen-bond acceptors (Lipinski definition) is 4. The molecule has 3 aromatic rings. The minimum atomic E-state index is -0.408. The summed E-state index contributed by atoms with van der Waals surface area (Å²) in [6, 6.07) is 8.83. The first-order chi connectivity index (χ1) is 10.6.